The van der Waals surface area contributed by atoms with Crippen LogP contribution in [0.3, 0.4) is 0 Å². The van der Waals surface area contributed by atoms with E-state index in [-0.39, 0.29) is 5.75 Å². The van der Waals surface area contributed by atoms with Crippen molar-refractivity contribution >= 4 is 16.6 Å². The maximum absolute atomic E-state index is 9.55. The zero-order chi connectivity index (χ0) is 13.0. The van der Waals surface area contributed by atoms with E-state index in [1.807, 2.05) is 19.2 Å². The number of aromatic nitrogens is 1. The number of phenols is 1. The molecule has 0 saturated carbocycles. The van der Waals surface area contributed by atoms with E-state index in [0.29, 0.717) is 5.92 Å². The predicted octanol–water partition coefficient (Wildman–Crippen LogP) is 2.21. The molecule has 96 valence electrons. The van der Waals surface area contributed by atoms with Gasteiger partial charge in [0.1, 0.15) is 11.6 Å². The molecule has 2 rings (SSSR count). The predicted molar refractivity (Wildman–Crippen MR) is 75.0 cm³/mol. The van der Waals surface area contributed by atoms with Crippen LogP contribution in [0.15, 0.2) is 30.5 Å². The molecule has 1 aromatic carbocycles. The summed E-state index contributed by atoms with van der Waals surface area (Å²) in [6.07, 6.45) is 1.78. The Labute approximate surface area is 107 Å². The number of hydrogen-bond donors (Lipinski definition) is 3. The topological polar surface area (TPSA) is 57.2 Å². The highest BCUT2D eigenvalue weighted by molar-refractivity contribution is 5.92. The molecular formula is C14H19N3O. The molecule has 0 aliphatic heterocycles. The van der Waals surface area contributed by atoms with Gasteiger partial charge in [-0.05, 0) is 43.1 Å². The highest BCUT2D eigenvalue weighted by Gasteiger charge is 2.05. The van der Waals surface area contributed by atoms with Crippen molar-refractivity contribution < 1.29 is 5.11 Å². The lowest BCUT2D eigenvalue weighted by Crippen LogP contribution is -2.23. The summed E-state index contributed by atoms with van der Waals surface area (Å²) in [5, 5.41) is 18.1. The highest BCUT2D eigenvalue weighted by Crippen LogP contribution is 2.25. The first kappa shape index (κ1) is 12.6. The first-order valence-corrected chi connectivity index (χ1v) is 6.17. The van der Waals surface area contributed by atoms with Crippen LogP contribution in [0, 0.1) is 5.92 Å². The van der Waals surface area contributed by atoms with Crippen LogP contribution in [0.1, 0.15) is 6.92 Å². The molecule has 1 heterocycles. The maximum atomic E-state index is 9.55. The van der Waals surface area contributed by atoms with Crippen molar-refractivity contribution in [3.05, 3.63) is 30.5 Å². The van der Waals surface area contributed by atoms with Crippen molar-refractivity contribution in [1.29, 1.82) is 0 Å². The lowest BCUT2D eigenvalue weighted by molar-refractivity contribution is 0.476. The molecule has 2 aromatic rings. The number of nitrogens with zero attached hydrogens (tertiary/aromatic N) is 1. The Morgan fingerprint density at radius 2 is 2.11 bits per heavy atom. The van der Waals surface area contributed by atoms with Crippen LogP contribution in [0.4, 0.5) is 5.82 Å². The molecule has 0 aliphatic rings. The molecule has 18 heavy (non-hydrogen) atoms. The molecular weight excluding hydrogens is 226 g/mol. The van der Waals surface area contributed by atoms with E-state index in [4.69, 9.17) is 0 Å². The van der Waals surface area contributed by atoms with Crippen LogP contribution in [-0.2, 0) is 0 Å². The fourth-order valence-electron chi connectivity index (χ4n) is 1.99. The average Bonchev–Trinajstić information content (AvgIpc) is 2.36. The van der Waals surface area contributed by atoms with Gasteiger partial charge < -0.3 is 15.7 Å². The molecule has 0 bridgehead atoms. The van der Waals surface area contributed by atoms with Crippen LogP contribution in [0.2, 0.25) is 0 Å². The van der Waals surface area contributed by atoms with Gasteiger partial charge in [-0.2, -0.15) is 0 Å². The molecule has 3 N–H and O–H groups in total. The number of anilines is 1. The number of aromatic hydroxyl groups is 1. The van der Waals surface area contributed by atoms with Crippen molar-refractivity contribution in [2.45, 2.75) is 6.92 Å². The summed E-state index contributed by atoms with van der Waals surface area (Å²) in [5.41, 5.74) is 0. The minimum absolute atomic E-state index is 0.266. The van der Waals surface area contributed by atoms with E-state index in [1.165, 1.54) is 0 Å². The molecule has 4 nitrogen and oxygen atoms in total. The van der Waals surface area contributed by atoms with E-state index in [2.05, 4.69) is 22.5 Å². The molecule has 0 radical (unpaired) electrons. The third-order valence-electron chi connectivity index (χ3n) is 2.92. The van der Waals surface area contributed by atoms with Gasteiger partial charge in [0.2, 0.25) is 0 Å². The highest BCUT2D eigenvalue weighted by atomic mass is 16.3. The number of phenolic OH excluding ortho intramolecular Hbond substituents is 1. The largest absolute Gasteiger partial charge is 0.508 e. The summed E-state index contributed by atoms with van der Waals surface area (Å²) in [7, 11) is 1.95. The second-order valence-electron chi connectivity index (χ2n) is 4.61. The van der Waals surface area contributed by atoms with E-state index in [0.717, 1.165) is 29.7 Å². The molecule has 0 spiro atoms. The zero-order valence-electron chi connectivity index (χ0n) is 10.8. The van der Waals surface area contributed by atoms with Gasteiger partial charge in [0.15, 0.2) is 0 Å². The Hall–Kier alpha value is -1.81. The lowest BCUT2D eigenvalue weighted by atomic mass is 10.1. The molecule has 0 saturated heterocycles. The standard InChI is InChI=1S/C14H19N3O/c1-10(8-15-2)9-17-14-13-7-12(18)4-3-11(13)5-6-16-14/h3-7,10,15,18H,8-9H2,1-2H3,(H,16,17). The molecule has 0 fully saturated rings. The SMILES string of the molecule is CNCC(C)CNc1nccc2ccc(O)cc12. The van der Waals surface area contributed by atoms with Gasteiger partial charge in [-0.3, -0.25) is 0 Å². The average molecular weight is 245 g/mol. The van der Waals surface area contributed by atoms with E-state index >= 15 is 0 Å². The number of rotatable bonds is 5. The number of nitrogens with one attached hydrogen (secondary N) is 2. The van der Waals surface area contributed by atoms with Crippen LogP contribution in [0.25, 0.3) is 10.8 Å². The van der Waals surface area contributed by atoms with Gasteiger partial charge >= 0.3 is 0 Å². The molecule has 0 amide bonds. The molecule has 1 unspecified atom stereocenters. The Morgan fingerprint density at radius 3 is 2.89 bits per heavy atom. The van der Waals surface area contributed by atoms with Crippen LogP contribution in [-0.4, -0.2) is 30.2 Å². The first-order valence-electron chi connectivity index (χ1n) is 6.17. The molecule has 0 aliphatic carbocycles. The van der Waals surface area contributed by atoms with Crippen molar-refractivity contribution in [3.63, 3.8) is 0 Å². The Bertz CT molecular complexity index is 527. The number of benzene rings is 1. The summed E-state index contributed by atoms with van der Waals surface area (Å²) in [4.78, 5) is 4.34. The van der Waals surface area contributed by atoms with Crippen LogP contribution >= 0.6 is 0 Å². The summed E-state index contributed by atoms with van der Waals surface area (Å²) in [6.45, 7) is 3.98. The summed E-state index contributed by atoms with van der Waals surface area (Å²) in [6, 6.07) is 7.27. The number of pyridine rings is 1. The summed E-state index contributed by atoms with van der Waals surface area (Å²) >= 11 is 0. The second-order valence-corrected chi connectivity index (χ2v) is 4.61. The van der Waals surface area contributed by atoms with Gasteiger partial charge in [-0.15, -0.1) is 0 Å². The monoisotopic (exact) mass is 245 g/mol. The van der Waals surface area contributed by atoms with E-state index < -0.39 is 0 Å². The van der Waals surface area contributed by atoms with Gasteiger partial charge in [-0.1, -0.05) is 13.0 Å². The summed E-state index contributed by atoms with van der Waals surface area (Å²) < 4.78 is 0. The lowest BCUT2D eigenvalue weighted by Gasteiger charge is -2.13. The van der Waals surface area contributed by atoms with Crippen molar-refractivity contribution in [3.8, 4) is 5.75 Å². The Balaban J connectivity index is 2.19. The number of fused-ring (bicyclic) bond motifs is 1. The number of hydrogen-bond acceptors (Lipinski definition) is 4. The second kappa shape index (κ2) is 5.69. The fourth-order valence-corrected chi connectivity index (χ4v) is 1.99. The fraction of sp³-hybridized carbons (Fsp3) is 0.357. The van der Waals surface area contributed by atoms with Gasteiger partial charge in [0.05, 0.1) is 0 Å². The quantitative estimate of drug-likeness (QED) is 0.756. The third-order valence-corrected chi connectivity index (χ3v) is 2.92. The zero-order valence-corrected chi connectivity index (χ0v) is 10.8. The van der Waals surface area contributed by atoms with E-state index in [1.54, 1.807) is 18.3 Å². The molecule has 4 heteroatoms. The van der Waals surface area contributed by atoms with Gasteiger partial charge in [0.25, 0.3) is 0 Å². The van der Waals surface area contributed by atoms with Crippen molar-refractivity contribution in [2.24, 2.45) is 5.92 Å². The summed E-state index contributed by atoms with van der Waals surface area (Å²) in [5.74, 6) is 1.61. The Morgan fingerprint density at radius 1 is 1.28 bits per heavy atom. The normalized spacial score (nSPS) is 12.6. The van der Waals surface area contributed by atoms with Crippen molar-refractivity contribution in [1.82, 2.24) is 10.3 Å². The molecule has 1 atom stereocenters. The smallest absolute Gasteiger partial charge is 0.133 e. The van der Waals surface area contributed by atoms with Gasteiger partial charge in [0, 0.05) is 18.1 Å². The van der Waals surface area contributed by atoms with Crippen LogP contribution in [0.5, 0.6) is 5.75 Å². The van der Waals surface area contributed by atoms with Crippen molar-refractivity contribution in [2.75, 3.05) is 25.5 Å². The van der Waals surface area contributed by atoms with Gasteiger partial charge in [-0.25, -0.2) is 4.98 Å². The first-order chi connectivity index (χ1) is 8.70. The minimum atomic E-state index is 0.266. The third kappa shape index (κ3) is 2.90. The Kier molecular flexibility index (Phi) is 3.99. The minimum Gasteiger partial charge on any atom is -0.508 e. The van der Waals surface area contributed by atoms with Crippen LogP contribution < -0.4 is 10.6 Å². The molecule has 1 aromatic heterocycles. The maximum Gasteiger partial charge on any atom is 0.133 e. The van der Waals surface area contributed by atoms with E-state index in [9.17, 15) is 5.11 Å².